The van der Waals surface area contributed by atoms with Crippen molar-refractivity contribution < 1.29 is 4.52 Å². The van der Waals surface area contributed by atoms with E-state index in [0.29, 0.717) is 34.8 Å². The molecule has 1 aromatic carbocycles. The second-order valence-electron chi connectivity index (χ2n) is 8.98. The minimum absolute atomic E-state index is 0.180. The van der Waals surface area contributed by atoms with E-state index in [1.54, 1.807) is 24.1 Å². The van der Waals surface area contributed by atoms with Crippen LogP contribution in [-0.4, -0.2) is 52.1 Å². The number of piperidine rings is 1. The third kappa shape index (κ3) is 2.96. The van der Waals surface area contributed by atoms with E-state index in [1.165, 1.54) is 16.6 Å². The Bertz CT molecular complexity index is 1550. The highest BCUT2D eigenvalue weighted by Crippen LogP contribution is 2.57. The first-order valence-corrected chi connectivity index (χ1v) is 11.2. The van der Waals surface area contributed by atoms with Gasteiger partial charge in [-0.2, -0.15) is 10.1 Å². The van der Waals surface area contributed by atoms with E-state index >= 15 is 0 Å². The summed E-state index contributed by atoms with van der Waals surface area (Å²) < 4.78 is 10.5. The largest absolute Gasteiger partial charge is 0.371 e. The maximum absolute atomic E-state index is 12.8. The summed E-state index contributed by atoms with van der Waals surface area (Å²) in [6.45, 7) is 2.11. The third-order valence-electron chi connectivity index (χ3n) is 6.95. The van der Waals surface area contributed by atoms with Crippen molar-refractivity contribution in [3.63, 3.8) is 0 Å². The molecule has 1 aliphatic heterocycles. The lowest BCUT2D eigenvalue weighted by molar-refractivity contribution is 0.363. The van der Waals surface area contributed by atoms with E-state index in [-0.39, 0.29) is 12.1 Å². The van der Waals surface area contributed by atoms with Crippen molar-refractivity contribution in [2.75, 3.05) is 18.0 Å². The smallest absolute Gasteiger partial charge is 0.280 e. The molecule has 0 spiro atoms. The lowest BCUT2D eigenvalue weighted by Crippen LogP contribution is -2.24. The Hall–Kier alpha value is -4.28. The quantitative estimate of drug-likeness (QED) is 0.393. The molecular weight excluding hydrogens is 434 g/mol. The van der Waals surface area contributed by atoms with Crippen LogP contribution in [0, 0.1) is 11.8 Å². The highest BCUT2D eigenvalue weighted by atomic mass is 16.5. The summed E-state index contributed by atoms with van der Waals surface area (Å²) in [6.07, 6.45) is 6.79. The van der Waals surface area contributed by atoms with Crippen molar-refractivity contribution in [3.8, 4) is 5.69 Å². The molecule has 1 saturated carbocycles. The molecule has 11 nitrogen and oxygen atoms in total. The van der Waals surface area contributed by atoms with Gasteiger partial charge in [0, 0.05) is 44.1 Å². The number of imidazole rings is 1. The van der Waals surface area contributed by atoms with Crippen LogP contribution in [0.2, 0.25) is 0 Å². The second-order valence-corrected chi connectivity index (χ2v) is 8.98. The van der Waals surface area contributed by atoms with E-state index in [2.05, 4.69) is 54.4 Å². The second kappa shape index (κ2) is 7.11. The Morgan fingerprint density at radius 2 is 1.91 bits per heavy atom. The molecule has 0 N–H and O–H groups in total. The van der Waals surface area contributed by atoms with E-state index < -0.39 is 0 Å². The SMILES string of the molecule is Cn1cnc2ncn(Cc3nc(C4[C@H]5CN(c6cccc(-n7cccn7)c6)C[C@@H]45)no3)c(=O)c21. The molecule has 0 amide bonds. The van der Waals surface area contributed by atoms with Crippen LogP contribution in [0.15, 0.2) is 64.7 Å². The zero-order chi connectivity index (χ0) is 22.8. The number of hydrogen-bond donors (Lipinski definition) is 0. The Kier molecular flexibility index (Phi) is 4.02. The normalized spacial score (nSPS) is 21.3. The van der Waals surface area contributed by atoms with Crippen molar-refractivity contribution in [2.45, 2.75) is 12.5 Å². The average Bonchev–Trinajstić information content (AvgIpc) is 3.47. The van der Waals surface area contributed by atoms with Crippen molar-refractivity contribution >= 4 is 16.9 Å². The van der Waals surface area contributed by atoms with Gasteiger partial charge in [0.05, 0.1) is 12.0 Å². The zero-order valence-electron chi connectivity index (χ0n) is 18.4. The number of anilines is 1. The van der Waals surface area contributed by atoms with E-state index in [4.69, 9.17) is 4.52 Å². The van der Waals surface area contributed by atoms with Gasteiger partial charge >= 0.3 is 0 Å². The predicted molar refractivity (Wildman–Crippen MR) is 122 cm³/mol. The van der Waals surface area contributed by atoms with Crippen LogP contribution in [-0.2, 0) is 13.6 Å². The topological polar surface area (TPSA) is 113 Å². The first kappa shape index (κ1) is 19.2. The van der Waals surface area contributed by atoms with E-state index in [9.17, 15) is 4.79 Å². The van der Waals surface area contributed by atoms with Crippen LogP contribution < -0.4 is 10.5 Å². The molecular formula is C23H21N9O2. The Morgan fingerprint density at radius 1 is 1.09 bits per heavy atom. The fourth-order valence-corrected chi connectivity index (χ4v) is 5.17. The number of rotatable bonds is 5. The van der Waals surface area contributed by atoms with Crippen LogP contribution in [0.3, 0.4) is 0 Å². The fourth-order valence-electron chi connectivity index (χ4n) is 5.17. The van der Waals surface area contributed by atoms with Crippen molar-refractivity contribution in [2.24, 2.45) is 18.9 Å². The molecule has 2 fully saturated rings. The van der Waals surface area contributed by atoms with Gasteiger partial charge < -0.3 is 14.0 Å². The Morgan fingerprint density at radius 3 is 2.74 bits per heavy atom. The Balaban J connectivity index is 1.05. The highest BCUT2D eigenvalue weighted by molar-refractivity contribution is 5.68. The molecule has 0 bridgehead atoms. The minimum atomic E-state index is -0.180. The number of hydrogen-bond acceptors (Lipinski definition) is 8. The minimum Gasteiger partial charge on any atom is -0.371 e. The van der Waals surface area contributed by atoms with Gasteiger partial charge in [-0.1, -0.05) is 11.2 Å². The van der Waals surface area contributed by atoms with Gasteiger partial charge in [-0.25, -0.2) is 14.6 Å². The van der Waals surface area contributed by atoms with Gasteiger partial charge in [0.15, 0.2) is 17.0 Å². The Labute approximate surface area is 193 Å². The van der Waals surface area contributed by atoms with Gasteiger partial charge in [0.1, 0.15) is 12.9 Å². The van der Waals surface area contributed by atoms with Crippen LogP contribution in [0.25, 0.3) is 16.9 Å². The predicted octanol–water partition coefficient (Wildman–Crippen LogP) is 1.60. The molecule has 1 saturated heterocycles. The van der Waals surface area contributed by atoms with Gasteiger partial charge in [-0.3, -0.25) is 9.36 Å². The van der Waals surface area contributed by atoms with Crippen molar-refractivity contribution in [3.05, 3.63) is 77.4 Å². The number of aryl methyl sites for hydroxylation is 1. The molecule has 5 aromatic rings. The maximum Gasteiger partial charge on any atom is 0.280 e. The lowest BCUT2D eigenvalue weighted by atomic mass is 10.2. The monoisotopic (exact) mass is 455 g/mol. The average molecular weight is 455 g/mol. The summed E-state index contributed by atoms with van der Waals surface area (Å²) in [4.78, 5) is 28.1. The fraction of sp³-hybridized carbons (Fsp3) is 0.304. The van der Waals surface area contributed by atoms with Gasteiger partial charge in [-0.05, 0) is 36.1 Å². The summed E-state index contributed by atoms with van der Waals surface area (Å²) in [5.41, 5.74) is 2.96. The van der Waals surface area contributed by atoms with Crippen LogP contribution >= 0.6 is 0 Å². The molecule has 11 heteroatoms. The first-order chi connectivity index (χ1) is 16.7. The van der Waals surface area contributed by atoms with Crippen molar-refractivity contribution in [1.82, 2.24) is 39.0 Å². The summed E-state index contributed by atoms with van der Waals surface area (Å²) in [5.74, 6) is 2.46. The van der Waals surface area contributed by atoms with Gasteiger partial charge in [0.25, 0.3) is 5.56 Å². The first-order valence-electron chi connectivity index (χ1n) is 11.2. The number of aromatic nitrogens is 8. The number of nitrogens with zero attached hydrogens (tertiary/aromatic N) is 9. The van der Waals surface area contributed by atoms with Gasteiger partial charge in [0.2, 0.25) is 5.89 Å². The molecule has 7 rings (SSSR count). The summed E-state index contributed by atoms with van der Waals surface area (Å²) in [5, 5.41) is 8.56. The molecule has 34 heavy (non-hydrogen) atoms. The van der Waals surface area contributed by atoms with E-state index in [1.807, 2.05) is 16.9 Å². The lowest BCUT2D eigenvalue weighted by Gasteiger charge is -2.22. The van der Waals surface area contributed by atoms with Crippen molar-refractivity contribution in [1.29, 1.82) is 0 Å². The molecule has 2 aliphatic rings. The summed E-state index contributed by atoms with van der Waals surface area (Å²) >= 11 is 0. The molecule has 170 valence electrons. The zero-order valence-corrected chi connectivity index (χ0v) is 18.4. The molecule has 3 atom stereocenters. The standard InChI is InChI=1S/C23H21N9O2/c1-29-12-24-22-20(29)23(33)31(13-25-22)11-18-27-21(28-34-18)19-16-9-30(10-17(16)19)14-4-2-5-15(8-14)32-7-3-6-26-32/h2-8,12-13,16-17,19H,9-11H2,1H3/t16-,17+,19?. The van der Waals surface area contributed by atoms with Crippen LogP contribution in [0.5, 0.6) is 0 Å². The molecule has 1 aliphatic carbocycles. The molecule has 4 aromatic heterocycles. The maximum atomic E-state index is 12.8. The number of fused-ring (bicyclic) bond motifs is 2. The summed E-state index contributed by atoms with van der Waals surface area (Å²) in [6, 6.07) is 10.4. The molecule has 0 radical (unpaired) electrons. The highest BCUT2D eigenvalue weighted by Gasteiger charge is 2.58. The van der Waals surface area contributed by atoms with E-state index in [0.717, 1.165) is 24.6 Å². The molecule has 1 unspecified atom stereocenters. The summed E-state index contributed by atoms with van der Waals surface area (Å²) in [7, 11) is 1.77. The number of benzene rings is 1. The van der Waals surface area contributed by atoms with Crippen LogP contribution in [0.1, 0.15) is 17.6 Å². The third-order valence-corrected chi connectivity index (χ3v) is 6.95. The van der Waals surface area contributed by atoms with Gasteiger partial charge in [-0.15, -0.1) is 0 Å². The molecule has 5 heterocycles. The van der Waals surface area contributed by atoms with Crippen LogP contribution in [0.4, 0.5) is 5.69 Å².